The lowest BCUT2D eigenvalue weighted by Gasteiger charge is -2.32. The molecule has 1 saturated heterocycles. The number of piperidine rings is 1. The smallest absolute Gasteiger partial charge is 0.133 e. The molecule has 2 aliphatic rings. The van der Waals surface area contributed by atoms with Crippen LogP contribution >= 0.6 is 0 Å². The molecule has 0 amide bonds. The van der Waals surface area contributed by atoms with Gasteiger partial charge in [-0.15, -0.1) is 0 Å². The number of aliphatic imine (C=N–C) groups is 1. The number of ether oxygens (including phenoxy) is 1. The summed E-state index contributed by atoms with van der Waals surface area (Å²) in [6.45, 7) is 6.03. The summed E-state index contributed by atoms with van der Waals surface area (Å²) in [5.74, 6) is 1.88. The molecule has 0 spiro atoms. The van der Waals surface area contributed by atoms with Crippen LogP contribution in [-0.2, 0) is 11.3 Å². The normalized spacial score (nSPS) is 19.1. The second kappa shape index (κ2) is 12.1. The highest BCUT2D eigenvalue weighted by Gasteiger charge is 2.21. The number of pyridine rings is 1. The Morgan fingerprint density at radius 1 is 1.39 bits per heavy atom. The summed E-state index contributed by atoms with van der Waals surface area (Å²) in [6, 6.07) is 3.93. The maximum atomic E-state index is 13.2. The largest absolute Gasteiger partial charge is 0.491 e. The molecule has 1 unspecified atom stereocenters. The van der Waals surface area contributed by atoms with Gasteiger partial charge in [0, 0.05) is 37.7 Å². The molecule has 3 N–H and O–H groups in total. The van der Waals surface area contributed by atoms with E-state index in [1.54, 1.807) is 17.2 Å². The van der Waals surface area contributed by atoms with E-state index in [0.717, 1.165) is 43.9 Å². The van der Waals surface area contributed by atoms with E-state index in [9.17, 15) is 4.39 Å². The van der Waals surface area contributed by atoms with Crippen LogP contribution in [0, 0.1) is 5.41 Å². The Bertz CT molecular complexity index is 957. The lowest BCUT2D eigenvalue weighted by Crippen LogP contribution is -2.36. The first-order valence-electron chi connectivity index (χ1n) is 11.3. The molecular formula is C25H33FN6O. The van der Waals surface area contributed by atoms with Crippen molar-refractivity contribution in [2.24, 2.45) is 4.99 Å². The number of nitrogens with one attached hydrogen (secondary N) is 1. The van der Waals surface area contributed by atoms with Gasteiger partial charge in [0.25, 0.3) is 0 Å². The fourth-order valence-electron chi connectivity index (χ4n) is 3.82. The van der Waals surface area contributed by atoms with Gasteiger partial charge in [0.15, 0.2) is 0 Å². The summed E-state index contributed by atoms with van der Waals surface area (Å²) in [5.41, 5.74) is 7.76. The highest BCUT2D eigenvalue weighted by atomic mass is 19.1. The first-order valence-corrected chi connectivity index (χ1v) is 11.3. The van der Waals surface area contributed by atoms with Gasteiger partial charge < -0.3 is 10.5 Å². The van der Waals surface area contributed by atoms with Crippen LogP contribution in [0.2, 0.25) is 0 Å². The number of hydrogen-bond acceptors (Lipinski definition) is 6. The molecule has 1 aliphatic heterocycles. The number of anilines is 1. The van der Waals surface area contributed by atoms with Gasteiger partial charge in [0.1, 0.15) is 29.7 Å². The van der Waals surface area contributed by atoms with E-state index < -0.39 is 6.17 Å². The molecule has 0 aromatic carbocycles. The number of hydrogen-bond donors (Lipinski definition) is 2. The Morgan fingerprint density at radius 3 is 2.85 bits per heavy atom. The average Bonchev–Trinajstić information content (AvgIpc) is 3.03. The standard InChI is InChI=1S/C25H33FN6O/c1-3-25(30-16-19(2)26)32(18-27)21-5-4-6-22(8-7-21)33-23-10-13-31(14-11-23)17-20-9-12-29-24(28)15-20/h3,5-9,12,15-16,18-19,23,27H,4,10-11,13-14,17H2,1-2H3,(H2,28,29)/b25-3+,27-18?,30-16-. The summed E-state index contributed by atoms with van der Waals surface area (Å²) in [6.07, 6.45) is 15.4. The van der Waals surface area contributed by atoms with E-state index in [-0.39, 0.29) is 6.10 Å². The Balaban J connectivity index is 1.53. The van der Waals surface area contributed by atoms with Crippen molar-refractivity contribution in [2.45, 2.75) is 51.9 Å². The number of nitrogens with two attached hydrogens (primary N) is 1. The van der Waals surface area contributed by atoms with Crippen molar-refractivity contribution in [3.8, 4) is 0 Å². The lowest BCUT2D eigenvalue weighted by atomic mass is 10.1. The average molecular weight is 453 g/mol. The number of nitrogens with zero attached hydrogens (tertiary/aromatic N) is 4. The predicted molar refractivity (Wildman–Crippen MR) is 131 cm³/mol. The predicted octanol–water partition coefficient (Wildman–Crippen LogP) is 4.57. The lowest BCUT2D eigenvalue weighted by molar-refractivity contribution is 0.0529. The number of rotatable bonds is 9. The van der Waals surface area contributed by atoms with Crippen molar-refractivity contribution in [1.29, 1.82) is 5.41 Å². The van der Waals surface area contributed by atoms with E-state index in [1.807, 2.05) is 43.4 Å². The minimum absolute atomic E-state index is 0.168. The van der Waals surface area contributed by atoms with Gasteiger partial charge in [0.2, 0.25) is 0 Å². The zero-order valence-electron chi connectivity index (χ0n) is 19.3. The van der Waals surface area contributed by atoms with Crippen molar-refractivity contribution in [1.82, 2.24) is 14.8 Å². The highest BCUT2D eigenvalue weighted by molar-refractivity contribution is 5.66. The number of likely N-dealkylation sites (tertiary alicyclic amines) is 1. The number of nitrogen functional groups attached to an aromatic ring is 1. The van der Waals surface area contributed by atoms with Gasteiger partial charge in [-0.25, -0.2) is 14.4 Å². The quantitative estimate of drug-likeness (QED) is 0.423. The summed E-state index contributed by atoms with van der Waals surface area (Å²) in [7, 11) is 0. The fourth-order valence-corrected chi connectivity index (χ4v) is 3.82. The number of allylic oxidation sites excluding steroid dienone is 5. The molecule has 1 aromatic rings. The first-order chi connectivity index (χ1) is 16.0. The molecule has 33 heavy (non-hydrogen) atoms. The van der Waals surface area contributed by atoms with E-state index in [0.29, 0.717) is 18.1 Å². The van der Waals surface area contributed by atoms with Gasteiger partial charge in [-0.3, -0.25) is 15.2 Å². The van der Waals surface area contributed by atoms with Gasteiger partial charge in [-0.2, -0.15) is 0 Å². The first kappa shape index (κ1) is 24.4. The van der Waals surface area contributed by atoms with Crippen LogP contribution in [0.4, 0.5) is 10.2 Å². The van der Waals surface area contributed by atoms with Crippen molar-refractivity contribution in [3.05, 3.63) is 71.6 Å². The second-order valence-electron chi connectivity index (χ2n) is 8.09. The molecule has 0 bridgehead atoms. The highest BCUT2D eigenvalue weighted by Crippen LogP contribution is 2.23. The third-order valence-electron chi connectivity index (χ3n) is 5.48. The molecule has 1 aromatic heterocycles. The maximum Gasteiger partial charge on any atom is 0.133 e. The van der Waals surface area contributed by atoms with E-state index in [4.69, 9.17) is 15.9 Å². The van der Waals surface area contributed by atoms with Crippen LogP contribution in [0.25, 0.3) is 0 Å². The number of halogens is 1. The van der Waals surface area contributed by atoms with E-state index in [1.165, 1.54) is 25.0 Å². The van der Waals surface area contributed by atoms with Crippen molar-refractivity contribution in [3.63, 3.8) is 0 Å². The summed E-state index contributed by atoms with van der Waals surface area (Å²) in [4.78, 5) is 12.3. The molecule has 8 heteroatoms. The maximum absolute atomic E-state index is 13.2. The van der Waals surface area contributed by atoms with Crippen LogP contribution in [0.5, 0.6) is 0 Å². The molecule has 176 valence electrons. The van der Waals surface area contributed by atoms with Crippen LogP contribution in [0.3, 0.4) is 0 Å². The zero-order chi connectivity index (χ0) is 23.6. The van der Waals surface area contributed by atoms with Gasteiger partial charge in [0.05, 0.1) is 6.34 Å². The van der Waals surface area contributed by atoms with Gasteiger partial charge in [-0.05, 0) is 75.1 Å². The third-order valence-corrected chi connectivity index (χ3v) is 5.48. The Hall–Kier alpha value is -3.26. The zero-order valence-corrected chi connectivity index (χ0v) is 19.3. The van der Waals surface area contributed by atoms with Crippen molar-refractivity contribution < 1.29 is 9.13 Å². The summed E-state index contributed by atoms with van der Waals surface area (Å²) < 4.78 is 19.5. The summed E-state index contributed by atoms with van der Waals surface area (Å²) >= 11 is 0. The topological polar surface area (TPSA) is 90.8 Å². The Labute approximate surface area is 195 Å². The van der Waals surface area contributed by atoms with Crippen LogP contribution in [-0.4, -0.2) is 52.7 Å². The fraction of sp³-hybridized carbons (Fsp3) is 0.400. The molecule has 0 radical (unpaired) electrons. The van der Waals surface area contributed by atoms with E-state index >= 15 is 0 Å². The third kappa shape index (κ3) is 7.39. The minimum Gasteiger partial charge on any atom is -0.491 e. The SMILES string of the molecule is C/C=C(\N=C/C(C)F)N(C=N)C1=CCC=C(OC2CCN(Cc3ccnc(N)c3)CC2)C=C1. The monoisotopic (exact) mass is 452 g/mol. The summed E-state index contributed by atoms with van der Waals surface area (Å²) in [5, 5.41) is 7.81. The molecule has 2 heterocycles. The van der Waals surface area contributed by atoms with E-state index in [2.05, 4.69) is 14.9 Å². The number of alkyl halides is 1. The molecule has 0 saturated carbocycles. The van der Waals surface area contributed by atoms with Crippen molar-refractivity contribution >= 4 is 18.4 Å². The van der Waals surface area contributed by atoms with Gasteiger partial charge >= 0.3 is 0 Å². The molecular weight excluding hydrogens is 419 g/mol. The van der Waals surface area contributed by atoms with Crippen molar-refractivity contribution in [2.75, 3.05) is 18.8 Å². The Morgan fingerprint density at radius 2 is 2.18 bits per heavy atom. The van der Waals surface area contributed by atoms with Crippen LogP contribution in [0.1, 0.15) is 38.7 Å². The van der Waals surface area contributed by atoms with Crippen LogP contribution in [0.15, 0.2) is 71.0 Å². The second-order valence-corrected chi connectivity index (χ2v) is 8.09. The Kier molecular flexibility index (Phi) is 8.95. The molecule has 3 rings (SSSR count). The van der Waals surface area contributed by atoms with Gasteiger partial charge in [-0.1, -0.05) is 6.08 Å². The number of aromatic nitrogens is 1. The molecule has 1 aliphatic carbocycles. The molecule has 1 fully saturated rings. The van der Waals surface area contributed by atoms with Crippen LogP contribution < -0.4 is 5.73 Å². The minimum atomic E-state index is -1.15. The molecule has 1 atom stereocenters. The molecule has 7 nitrogen and oxygen atoms in total.